The summed E-state index contributed by atoms with van der Waals surface area (Å²) in [6, 6.07) is 53.7. The largest absolute Gasteiger partial charge is 0.455 e. The molecule has 0 radical (unpaired) electrons. The number of fused-ring (bicyclic) bond motifs is 5. The van der Waals surface area contributed by atoms with Crippen LogP contribution in [0.2, 0.25) is 0 Å². The number of hydrogen-bond acceptors (Lipinski definition) is 2. The maximum absolute atomic E-state index is 9.47. The molecule has 0 amide bonds. The molecule has 0 bridgehead atoms. The first-order chi connectivity index (χ1) is 25.5. The Balaban J connectivity index is 1.31. The first-order valence-electron chi connectivity index (χ1n) is 18.0. The van der Waals surface area contributed by atoms with Crippen molar-refractivity contribution in [1.29, 1.82) is 0 Å². The molecule has 0 fully saturated rings. The van der Waals surface area contributed by atoms with E-state index in [1.54, 1.807) is 0 Å². The fourth-order valence-corrected chi connectivity index (χ4v) is 6.67. The number of furan rings is 1. The van der Waals surface area contributed by atoms with Crippen LogP contribution in [0, 0.1) is 0 Å². The average molecular weight is 618 g/mol. The van der Waals surface area contributed by atoms with Crippen LogP contribution in [0.25, 0.3) is 66.1 Å². The molecule has 0 saturated carbocycles. The van der Waals surface area contributed by atoms with Gasteiger partial charge in [-0.15, -0.1) is 0 Å². The van der Waals surface area contributed by atoms with Gasteiger partial charge in [-0.1, -0.05) is 152 Å². The highest BCUT2D eigenvalue weighted by atomic mass is 16.3. The molecule has 0 atom stereocenters. The molecule has 2 nitrogen and oxygen atoms in total. The first kappa shape index (κ1) is 23.9. The quantitative estimate of drug-likeness (QED) is 0.185. The van der Waals surface area contributed by atoms with Crippen LogP contribution in [-0.2, 0) is 0 Å². The van der Waals surface area contributed by atoms with Crippen molar-refractivity contribution in [3.8, 4) is 33.4 Å². The lowest BCUT2D eigenvalue weighted by Crippen LogP contribution is -2.11. The van der Waals surface area contributed by atoms with Gasteiger partial charge in [-0.25, -0.2) is 0 Å². The topological polar surface area (TPSA) is 16.4 Å². The van der Waals surface area contributed by atoms with Gasteiger partial charge in [0.15, 0.2) is 0 Å². The SMILES string of the molecule is [2H]c1c([2H])c([2H])c(N(c2ccc(-c3ccccc3)cc2)c2ccc(-c3ccccc3)cc2)c(-c2cccc3c2oc2c4ccccc4ccc32)c1[2H]. The number of hydrogen-bond donors (Lipinski definition) is 0. The molecule has 2 heteroatoms. The summed E-state index contributed by atoms with van der Waals surface area (Å²) in [6.07, 6.45) is 0. The van der Waals surface area contributed by atoms with Gasteiger partial charge in [0.25, 0.3) is 0 Å². The highest BCUT2D eigenvalue weighted by Gasteiger charge is 2.21. The number of para-hydroxylation sites is 2. The summed E-state index contributed by atoms with van der Waals surface area (Å²) < 4.78 is 43.3. The summed E-state index contributed by atoms with van der Waals surface area (Å²) in [7, 11) is 0. The molecular formula is C46H31NO. The van der Waals surface area contributed by atoms with E-state index in [0.29, 0.717) is 22.4 Å². The molecule has 0 aliphatic rings. The molecule has 0 N–H and O–H groups in total. The molecule has 0 spiro atoms. The summed E-state index contributed by atoms with van der Waals surface area (Å²) in [5.74, 6) is 0. The lowest BCUT2D eigenvalue weighted by molar-refractivity contribution is 0.674. The Morgan fingerprint density at radius 1 is 0.396 bits per heavy atom. The Morgan fingerprint density at radius 3 is 1.60 bits per heavy atom. The van der Waals surface area contributed by atoms with Crippen molar-refractivity contribution in [3.63, 3.8) is 0 Å². The van der Waals surface area contributed by atoms with Gasteiger partial charge in [-0.05, 0) is 64.0 Å². The second kappa shape index (κ2) is 11.8. The van der Waals surface area contributed by atoms with Gasteiger partial charge in [0.2, 0.25) is 0 Å². The molecule has 9 rings (SSSR count). The summed E-state index contributed by atoms with van der Waals surface area (Å²) in [5.41, 5.74) is 8.35. The second-order valence-electron chi connectivity index (χ2n) is 11.8. The Kier molecular flexibility index (Phi) is 5.85. The monoisotopic (exact) mass is 617 g/mol. The molecule has 1 aromatic heterocycles. The minimum absolute atomic E-state index is 0.138. The first-order valence-corrected chi connectivity index (χ1v) is 16.0. The predicted molar refractivity (Wildman–Crippen MR) is 202 cm³/mol. The van der Waals surface area contributed by atoms with Gasteiger partial charge in [-0.3, -0.25) is 0 Å². The molecule has 226 valence electrons. The van der Waals surface area contributed by atoms with Gasteiger partial charge in [0, 0.05) is 38.7 Å². The lowest BCUT2D eigenvalue weighted by atomic mass is 9.98. The zero-order valence-electron chi connectivity index (χ0n) is 29.9. The molecule has 9 aromatic rings. The third-order valence-electron chi connectivity index (χ3n) is 9.01. The van der Waals surface area contributed by atoms with Crippen LogP contribution in [0.1, 0.15) is 5.48 Å². The van der Waals surface area contributed by atoms with Crippen LogP contribution in [0.3, 0.4) is 0 Å². The van der Waals surface area contributed by atoms with Crippen molar-refractivity contribution in [2.24, 2.45) is 0 Å². The van der Waals surface area contributed by atoms with Crippen LogP contribution in [0.15, 0.2) is 192 Å². The Bertz CT molecular complexity index is 2680. The van der Waals surface area contributed by atoms with Gasteiger partial charge in [-0.2, -0.15) is 0 Å². The van der Waals surface area contributed by atoms with Gasteiger partial charge >= 0.3 is 0 Å². The third-order valence-corrected chi connectivity index (χ3v) is 9.01. The lowest BCUT2D eigenvalue weighted by Gasteiger charge is -2.28. The maximum Gasteiger partial charge on any atom is 0.143 e. The highest BCUT2D eigenvalue weighted by Crippen LogP contribution is 2.45. The number of rotatable bonds is 6. The molecule has 0 unspecified atom stereocenters. The van der Waals surface area contributed by atoms with E-state index < -0.39 is 0 Å². The molecule has 8 aromatic carbocycles. The number of anilines is 3. The van der Waals surface area contributed by atoms with Crippen molar-refractivity contribution in [1.82, 2.24) is 0 Å². The van der Waals surface area contributed by atoms with E-state index in [1.807, 2.05) is 126 Å². The van der Waals surface area contributed by atoms with E-state index in [1.165, 1.54) is 0 Å². The summed E-state index contributed by atoms with van der Waals surface area (Å²) in [4.78, 5) is 1.94. The minimum atomic E-state index is -0.307. The van der Waals surface area contributed by atoms with E-state index in [-0.39, 0.29) is 24.2 Å². The summed E-state index contributed by atoms with van der Waals surface area (Å²) >= 11 is 0. The zero-order chi connectivity index (χ0) is 35.3. The van der Waals surface area contributed by atoms with E-state index >= 15 is 0 Å². The van der Waals surface area contributed by atoms with E-state index in [4.69, 9.17) is 7.16 Å². The number of nitrogens with zero attached hydrogens (tertiary/aromatic N) is 1. The predicted octanol–water partition coefficient (Wildman–Crippen LogP) is 13.2. The number of benzene rings is 8. The smallest absolute Gasteiger partial charge is 0.143 e. The molecule has 0 aliphatic carbocycles. The average Bonchev–Trinajstić information content (AvgIpc) is 3.60. The summed E-state index contributed by atoms with van der Waals surface area (Å²) in [5, 5.41) is 3.86. The third kappa shape index (κ3) is 4.83. The van der Waals surface area contributed by atoms with Gasteiger partial charge in [0.05, 0.1) is 11.2 Å². The van der Waals surface area contributed by atoms with E-state index in [0.717, 1.165) is 60.8 Å². The van der Waals surface area contributed by atoms with Crippen LogP contribution < -0.4 is 4.90 Å². The van der Waals surface area contributed by atoms with Crippen molar-refractivity contribution >= 4 is 49.8 Å². The highest BCUT2D eigenvalue weighted by molar-refractivity contribution is 6.17. The molecule has 1 heterocycles. The van der Waals surface area contributed by atoms with Crippen molar-refractivity contribution in [2.45, 2.75) is 0 Å². The Labute approximate surface area is 285 Å². The fraction of sp³-hybridized carbons (Fsp3) is 0. The van der Waals surface area contributed by atoms with Crippen molar-refractivity contribution in [3.05, 3.63) is 188 Å². The van der Waals surface area contributed by atoms with E-state index in [2.05, 4.69) is 42.5 Å². The van der Waals surface area contributed by atoms with Gasteiger partial charge in [0.1, 0.15) is 11.2 Å². The minimum Gasteiger partial charge on any atom is -0.455 e. The van der Waals surface area contributed by atoms with Crippen molar-refractivity contribution in [2.75, 3.05) is 4.90 Å². The van der Waals surface area contributed by atoms with Crippen molar-refractivity contribution < 1.29 is 9.90 Å². The van der Waals surface area contributed by atoms with Crippen LogP contribution >= 0.6 is 0 Å². The molecule has 48 heavy (non-hydrogen) atoms. The second-order valence-corrected chi connectivity index (χ2v) is 11.8. The molecule has 0 aliphatic heterocycles. The standard InChI is InChI=1S/C46H31NO/c1-3-12-32(13-4-1)34-22-27-37(28-23-34)47(38-29-24-35(25-30-38)33-14-5-2-6-15-33)44-21-10-9-18-40(44)41-19-11-20-42-43-31-26-36-16-7-8-17-39(36)45(43)48-46(41)42/h1-31H/i9D,10D,18D,21D. The normalized spacial score (nSPS) is 12.5. The van der Waals surface area contributed by atoms with Crippen LogP contribution in [0.4, 0.5) is 17.1 Å². The van der Waals surface area contributed by atoms with Gasteiger partial charge < -0.3 is 9.32 Å². The fourth-order valence-electron chi connectivity index (χ4n) is 6.67. The zero-order valence-corrected chi connectivity index (χ0v) is 25.9. The van der Waals surface area contributed by atoms with E-state index in [9.17, 15) is 2.74 Å². The summed E-state index contributed by atoms with van der Waals surface area (Å²) in [6.45, 7) is 0. The Morgan fingerprint density at radius 2 is 0.938 bits per heavy atom. The van der Waals surface area contributed by atoms with Crippen LogP contribution in [0.5, 0.6) is 0 Å². The molecule has 0 saturated heterocycles. The Hall–Kier alpha value is -6.38. The molecular weight excluding hydrogens is 583 g/mol. The van der Waals surface area contributed by atoms with Crippen LogP contribution in [-0.4, -0.2) is 0 Å². The maximum atomic E-state index is 9.47.